The van der Waals surface area contributed by atoms with Crippen LogP contribution in [0.2, 0.25) is 0 Å². The molecule has 1 N–H and O–H groups in total. The zero-order chi connectivity index (χ0) is 24.6. The maximum absolute atomic E-state index is 13.2. The van der Waals surface area contributed by atoms with Crippen LogP contribution < -0.4 is 19.7 Å². The zero-order valence-electron chi connectivity index (χ0n) is 20.2. The fraction of sp³-hybridized carbons (Fsp3) is 0.444. The van der Waals surface area contributed by atoms with Crippen molar-refractivity contribution in [3.8, 4) is 11.5 Å². The van der Waals surface area contributed by atoms with Gasteiger partial charge in [0.1, 0.15) is 0 Å². The van der Waals surface area contributed by atoms with Crippen LogP contribution in [0.3, 0.4) is 0 Å². The Hall–Kier alpha value is -3.17. The summed E-state index contributed by atoms with van der Waals surface area (Å²) in [6, 6.07) is 13.5. The molecule has 9 heteroatoms. The van der Waals surface area contributed by atoms with E-state index in [1.165, 1.54) is 5.56 Å². The molecule has 8 nitrogen and oxygen atoms in total. The lowest BCUT2D eigenvalue weighted by molar-refractivity contribution is -0.123. The number of anilines is 1. The molecule has 0 aromatic heterocycles. The molecule has 2 unspecified atom stereocenters. The Morgan fingerprint density at radius 3 is 2.53 bits per heavy atom. The maximum Gasteiger partial charge on any atom is 0.253 e. The van der Waals surface area contributed by atoms with Crippen LogP contribution in [0.4, 0.5) is 5.69 Å². The molecule has 3 heterocycles. The Bertz CT molecular complexity index is 1180. The summed E-state index contributed by atoms with van der Waals surface area (Å²) in [4.78, 5) is 32.2. The quantitative estimate of drug-likeness (QED) is 0.639. The number of amides is 2. The second kappa shape index (κ2) is 9.71. The lowest BCUT2D eigenvalue weighted by atomic mass is 9.82. The first-order chi connectivity index (χ1) is 17.6. The van der Waals surface area contributed by atoms with E-state index in [-0.39, 0.29) is 30.6 Å². The summed E-state index contributed by atoms with van der Waals surface area (Å²) < 4.78 is 10.9. The number of hydrogen-bond donors (Lipinski definition) is 1. The van der Waals surface area contributed by atoms with Crippen molar-refractivity contribution in [2.24, 2.45) is 5.92 Å². The van der Waals surface area contributed by atoms with E-state index in [1.807, 2.05) is 29.2 Å². The molecule has 3 fully saturated rings. The Morgan fingerprint density at radius 1 is 0.972 bits per heavy atom. The van der Waals surface area contributed by atoms with E-state index < -0.39 is 0 Å². The van der Waals surface area contributed by atoms with Crippen molar-refractivity contribution >= 4 is 34.8 Å². The van der Waals surface area contributed by atoms with Crippen molar-refractivity contribution in [3.63, 3.8) is 0 Å². The summed E-state index contributed by atoms with van der Waals surface area (Å²) >= 11 is 5.52. The standard InChI is InChI=1S/C27H30N4O4S/c32-25(30-13-11-29(12-14-30)16-18-5-10-23-24(15-18)35-17-34-23)19-6-8-20(9-7-19)31-26(33)21-3-1-2-4-22(21)28-27(31)36/h5-10,15,21-22H,1-4,11-14,16-17H2,(H,28,36). The van der Waals surface area contributed by atoms with Gasteiger partial charge in [-0.1, -0.05) is 18.9 Å². The molecule has 2 aromatic rings. The third-order valence-electron chi connectivity index (χ3n) is 7.69. The van der Waals surface area contributed by atoms with Crippen LogP contribution >= 0.6 is 12.2 Å². The second-order valence-electron chi connectivity index (χ2n) is 9.92. The normalized spacial score (nSPS) is 23.9. The van der Waals surface area contributed by atoms with E-state index in [9.17, 15) is 9.59 Å². The highest BCUT2D eigenvalue weighted by Crippen LogP contribution is 2.33. The van der Waals surface area contributed by atoms with Crippen molar-refractivity contribution in [3.05, 3.63) is 53.6 Å². The number of rotatable bonds is 4. The Morgan fingerprint density at radius 2 is 1.72 bits per heavy atom. The first-order valence-electron chi connectivity index (χ1n) is 12.7. The van der Waals surface area contributed by atoms with Gasteiger partial charge < -0.3 is 19.7 Å². The lowest BCUT2D eigenvalue weighted by Crippen LogP contribution is -2.61. The summed E-state index contributed by atoms with van der Waals surface area (Å²) in [7, 11) is 0. The van der Waals surface area contributed by atoms with Gasteiger partial charge >= 0.3 is 0 Å². The Kier molecular flexibility index (Phi) is 6.27. The van der Waals surface area contributed by atoms with Gasteiger partial charge in [0.2, 0.25) is 12.7 Å². The van der Waals surface area contributed by atoms with Crippen LogP contribution in [-0.4, -0.2) is 65.7 Å². The number of nitrogens with zero attached hydrogens (tertiary/aromatic N) is 3. The van der Waals surface area contributed by atoms with Gasteiger partial charge in [0.05, 0.1) is 11.6 Å². The number of nitrogens with one attached hydrogen (secondary N) is 1. The highest BCUT2D eigenvalue weighted by Gasteiger charge is 2.41. The number of fused-ring (bicyclic) bond motifs is 2. The summed E-state index contributed by atoms with van der Waals surface area (Å²) in [5.41, 5.74) is 2.52. The monoisotopic (exact) mass is 506 g/mol. The maximum atomic E-state index is 13.2. The topological polar surface area (TPSA) is 74.4 Å². The van der Waals surface area contributed by atoms with Crippen LogP contribution in [0, 0.1) is 5.92 Å². The van der Waals surface area contributed by atoms with E-state index in [4.69, 9.17) is 21.7 Å². The average Bonchev–Trinajstić information content (AvgIpc) is 3.37. The zero-order valence-corrected chi connectivity index (χ0v) is 21.0. The van der Waals surface area contributed by atoms with Gasteiger partial charge in [0.15, 0.2) is 16.6 Å². The van der Waals surface area contributed by atoms with E-state index in [1.54, 1.807) is 17.0 Å². The van der Waals surface area contributed by atoms with Crippen LogP contribution in [0.15, 0.2) is 42.5 Å². The molecule has 0 spiro atoms. The number of benzene rings is 2. The van der Waals surface area contributed by atoms with Crippen LogP contribution in [0.1, 0.15) is 41.6 Å². The number of carbonyl (C=O) groups excluding carboxylic acids is 2. The molecule has 3 aliphatic heterocycles. The van der Waals surface area contributed by atoms with Gasteiger partial charge in [-0.05, 0) is 67.0 Å². The van der Waals surface area contributed by atoms with E-state index in [0.29, 0.717) is 29.5 Å². The van der Waals surface area contributed by atoms with Crippen molar-refractivity contribution in [2.75, 3.05) is 37.9 Å². The molecular weight excluding hydrogens is 476 g/mol. The Balaban J connectivity index is 1.06. The van der Waals surface area contributed by atoms with Crippen molar-refractivity contribution in [1.82, 2.24) is 15.1 Å². The number of piperazine rings is 1. The van der Waals surface area contributed by atoms with Gasteiger partial charge in [-0.25, -0.2) is 0 Å². The molecule has 2 amide bonds. The molecule has 2 atom stereocenters. The molecule has 0 radical (unpaired) electrons. The average molecular weight is 507 g/mol. The predicted octanol–water partition coefficient (Wildman–Crippen LogP) is 3.15. The molecule has 2 saturated heterocycles. The smallest absolute Gasteiger partial charge is 0.253 e. The van der Waals surface area contributed by atoms with E-state index >= 15 is 0 Å². The van der Waals surface area contributed by atoms with Crippen molar-refractivity contribution in [2.45, 2.75) is 38.3 Å². The minimum Gasteiger partial charge on any atom is -0.454 e. The first kappa shape index (κ1) is 23.2. The lowest BCUT2D eigenvalue weighted by Gasteiger charge is -2.41. The van der Waals surface area contributed by atoms with Gasteiger partial charge in [0, 0.05) is 44.3 Å². The van der Waals surface area contributed by atoms with Crippen LogP contribution in [0.5, 0.6) is 11.5 Å². The number of thiocarbonyl (C=S) groups is 1. The van der Waals surface area contributed by atoms with Crippen molar-refractivity contribution in [1.29, 1.82) is 0 Å². The fourth-order valence-electron chi connectivity index (χ4n) is 5.67. The molecular formula is C27H30N4O4S. The van der Waals surface area contributed by atoms with Crippen molar-refractivity contribution < 1.29 is 19.1 Å². The Labute approximate surface area is 216 Å². The summed E-state index contributed by atoms with van der Waals surface area (Å²) in [5, 5.41) is 3.82. The molecule has 2 aromatic carbocycles. The number of ether oxygens (including phenoxy) is 2. The van der Waals surface area contributed by atoms with Crippen LogP contribution in [0.25, 0.3) is 0 Å². The molecule has 6 rings (SSSR count). The molecule has 36 heavy (non-hydrogen) atoms. The molecule has 4 aliphatic rings. The summed E-state index contributed by atoms with van der Waals surface area (Å²) in [6.45, 7) is 4.05. The van der Waals surface area contributed by atoms with E-state index in [2.05, 4.69) is 16.3 Å². The fourth-order valence-corrected chi connectivity index (χ4v) is 6.02. The molecule has 0 bridgehead atoms. The summed E-state index contributed by atoms with van der Waals surface area (Å²) in [6.07, 6.45) is 4.09. The third-order valence-corrected chi connectivity index (χ3v) is 7.99. The van der Waals surface area contributed by atoms with Gasteiger partial charge in [0.25, 0.3) is 5.91 Å². The minimum atomic E-state index is -0.0271. The second-order valence-corrected chi connectivity index (χ2v) is 10.3. The number of carbonyl (C=O) groups is 2. The predicted molar refractivity (Wildman–Crippen MR) is 139 cm³/mol. The summed E-state index contributed by atoms with van der Waals surface area (Å²) in [5.74, 6) is 1.65. The molecule has 1 aliphatic carbocycles. The largest absolute Gasteiger partial charge is 0.454 e. The highest BCUT2D eigenvalue weighted by atomic mass is 32.1. The third kappa shape index (κ3) is 4.41. The molecule has 188 valence electrons. The SMILES string of the molecule is O=C(c1ccc(N2C(=O)C3CCCCC3NC2=S)cc1)N1CCN(Cc2ccc3c(c2)OCO3)CC1. The van der Waals surface area contributed by atoms with E-state index in [0.717, 1.165) is 56.8 Å². The van der Waals surface area contributed by atoms with Crippen LogP contribution in [-0.2, 0) is 11.3 Å². The minimum absolute atomic E-state index is 0.0160. The van der Waals surface area contributed by atoms with Gasteiger partial charge in [-0.3, -0.25) is 19.4 Å². The van der Waals surface area contributed by atoms with Gasteiger partial charge in [-0.15, -0.1) is 0 Å². The first-order valence-corrected chi connectivity index (χ1v) is 13.1. The number of hydrogen-bond acceptors (Lipinski definition) is 6. The molecule has 1 saturated carbocycles. The van der Waals surface area contributed by atoms with Gasteiger partial charge in [-0.2, -0.15) is 0 Å². The highest BCUT2D eigenvalue weighted by molar-refractivity contribution is 7.80.